The summed E-state index contributed by atoms with van der Waals surface area (Å²) >= 11 is 0. The predicted molar refractivity (Wildman–Crippen MR) is 132 cm³/mol. The van der Waals surface area contributed by atoms with Gasteiger partial charge < -0.3 is 25.3 Å². The highest BCUT2D eigenvalue weighted by Gasteiger charge is 2.21. The second-order valence-corrected chi connectivity index (χ2v) is 8.57. The summed E-state index contributed by atoms with van der Waals surface area (Å²) in [5.41, 5.74) is 9.20. The second kappa shape index (κ2) is 10.8. The molecule has 0 unspecified atom stereocenters. The van der Waals surface area contributed by atoms with Gasteiger partial charge in [0.15, 0.2) is 5.82 Å². The predicted octanol–water partition coefficient (Wildman–Crippen LogP) is 3.12. The van der Waals surface area contributed by atoms with E-state index < -0.39 is 5.91 Å². The van der Waals surface area contributed by atoms with Crippen LogP contribution >= 0.6 is 0 Å². The zero-order chi connectivity index (χ0) is 24.0. The number of primary amides is 1. The smallest absolute Gasteiger partial charge is 0.248 e. The summed E-state index contributed by atoms with van der Waals surface area (Å²) < 4.78 is 17.0. The number of fused-ring (bicyclic) bond motifs is 1. The molecular formula is C26H29N5O4. The van der Waals surface area contributed by atoms with Crippen molar-refractivity contribution >= 4 is 17.4 Å². The Hall–Kier alpha value is -3.53. The van der Waals surface area contributed by atoms with Crippen molar-refractivity contribution in [1.82, 2.24) is 14.9 Å². The number of ether oxygens (including phenoxy) is 3. The molecule has 3 heterocycles. The molecule has 0 spiro atoms. The van der Waals surface area contributed by atoms with Gasteiger partial charge in [0.2, 0.25) is 5.91 Å². The lowest BCUT2D eigenvalue weighted by Crippen LogP contribution is -2.37. The maximum atomic E-state index is 11.6. The van der Waals surface area contributed by atoms with Crippen LogP contribution < -0.4 is 15.8 Å². The van der Waals surface area contributed by atoms with Gasteiger partial charge in [-0.15, -0.1) is 0 Å². The van der Waals surface area contributed by atoms with Crippen LogP contribution in [-0.2, 0) is 22.7 Å². The molecular weight excluding hydrogens is 446 g/mol. The zero-order valence-corrected chi connectivity index (χ0v) is 19.5. The molecule has 0 atom stereocenters. The summed E-state index contributed by atoms with van der Waals surface area (Å²) in [5, 5.41) is 3.31. The normalized spacial score (nSPS) is 15.5. The number of amides is 1. The van der Waals surface area contributed by atoms with Crippen molar-refractivity contribution < 1.29 is 19.0 Å². The molecule has 182 valence electrons. The highest BCUT2D eigenvalue weighted by Crippen LogP contribution is 2.31. The average Bonchev–Trinajstić information content (AvgIpc) is 3.37. The summed E-state index contributed by atoms with van der Waals surface area (Å²) in [5.74, 6) is 1.54. The van der Waals surface area contributed by atoms with Crippen LogP contribution in [0.15, 0.2) is 48.5 Å². The number of carbonyl (C=O) groups excluding carboxylic acids is 1. The number of nitrogens with zero attached hydrogens (tertiary/aromatic N) is 3. The minimum atomic E-state index is -0.479. The Kier molecular flexibility index (Phi) is 7.17. The summed E-state index contributed by atoms with van der Waals surface area (Å²) in [6, 6.07) is 14.9. The first-order valence-electron chi connectivity index (χ1n) is 11.8. The van der Waals surface area contributed by atoms with Gasteiger partial charge in [0.1, 0.15) is 11.6 Å². The molecule has 5 rings (SSSR count). The highest BCUT2D eigenvalue weighted by molar-refractivity contribution is 5.93. The Morgan fingerprint density at radius 2 is 1.91 bits per heavy atom. The number of hydrogen-bond donors (Lipinski definition) is 2. The largest absolute Gasteiger partial charge is 0.494 e. The fourth-order valence-corrected chi connectivity index (χ4v) is 4.20. The number of aromatic nitrogens is 2. The molecule has 0 saturated carbocycles. The van der Waals surface area contributed by atoms with Crippen LogP contribution in [-0.4, -0.2) is 60.2 Å². The Balaban J connectivity index is 1.31. The van der Waals surface area contributed by atoms with E-state index in [0.29, 0.717) is 37.0 Å². The summed E-state index contributed by atoms with van der Waals surface area (Å²) in [7, 11) is 0. The summed E-state index contributed by atoms with van der Waals surface area (Å²) in [6.07, 6.45) is 0.954. The number of benzene rings is 2. The average molecular weight is 476 g/mol. The van der Waals surface area contributed by atoms with Gasteiger partial charge >= 0.3 is 0 Å². The molecule has 35 heavy (non-hydrogen) atoms. The molecule has 1 fully saturated rings. The van der Waals surface area contributed by atoms with Gasteiger partial charge in [0.25, 0.3) is 0 Å². The van der Waals surface area contributed by atoms with Gasteiger partial charge in [-0.1, -0.05) is 18.2 Å². The lowest BCUT2D eigenvalue weighted by molar-refractivity contribution is 0.0358. The van der Waals surface area contributed by atoms with E-state index in [0.717, 1.165) is 67.5 Å². The molecule has 9 nitrogen and oxygen atoms in total. The Bertz CT molecular complexity index is 1200. The third-order valence-electron chi connectivity index (χ3n) is 6.07. The standard InChI is InChI=1S/C26H29N5O4/c27-24(32)18-4-1-6-20(14-18)28-26-22-16-34-17-23(22)29-25(30-26)19-5-2-7-21(15-19)35-11-3-8-31-9-12-33-13-10-31/h1-2,4-7,14-15H,3,8-13,16-17H2,(H2,27,32)(H,28,29,30). The molecule has 1 saturated heterocycles. The lowest BCUT2D eigenvalue weighted by atomic mass is 10.1. The zero-order valence-electron chi connectivity index (χ0n) is 19.5. The third kappa shape index (κ3) is 5.76. The molecule has 1 amide bonds. The van der Waals surface area contributed by atoms with E-state index in [1.807, 2.05) is 30.3 Å². The van der Waals surface area contributed by atoms with E-state index in [2.05, 4.69) is 10.2 Å². The van der Waals surface area contributed by atoms with Crippen LogP contribution in [0.3, 0.4) is 0 Å². The minimum absolute atomic E-state index is 0.427. The lowest BCUT2D eigenvalue weighted by Gasteiger charge is -2.26. The monoisotopic (exact) mass is 475 g/mol. The van der Waals surface area contributed by atoms with Crippen molar-refractivity contribution in [3.63, 3.8) is 0 Å². The van der Waals surface area contributed by atoms with E-state index in [4.69, 9.17) is 29.9 Å². The Morgan fingerprint density at radius 1 is 1.06 bits per heavy atom. The minimum Gasteiger partial charge on any atom is -0.494 e. The Morgan fingerprint density at radius 3 is 2.77 bits per heavy atom. The Labute approximate surface area is 204 Å². The fraction of sp³-hybridized carbons (Fsp3) is 0.346. The SMILES string of the molecule is NC(=O)c1cccc(Nc2nc(-c3cccc(OCCCN4CCOCC4)c3)nc3c2COC3)c1. The highest BCUT2D eigenvalue weighted by atomic mass is 16.5. The van der Waals surface area contributed by atoms with Crippen molar-refractivity contribution in [2.45, 2.75) is 19.6 Å². The number of carbonyl (C=O) groups is 1. The number of hydrogen-bond acceptors (Lipinski definition) is 8. The van der Waals surface area contributed by atoms with Crippen LogP contribution in [0.2, 0.25) is 0 Å². The van der Waals surface area contributed by atoms with Crippen molar-refractivity contribution in [3.8, 4) is 17.1 Å². The van der Waals surface area contributed by atoms with Gasteiger partial charge in [0.05, 0.1) is 38.7 Å². The van der Waals surface area contributed by atoms with Gasteiger partial charge in [-0.25, -0.2) is 9.97 Å². The van der Waals surface area contributed by atoms with Crippen LogP contribution in [0.4, 0.5) is 11.5 Å². The quantitative estimate of drug-likeness (QED) is 0.454. The first-order chi connectivity index (χ1) is 17.2. The van der Waals surface area contributed by atoms with E-state index in [-0.39, 0.29) is 0 Å². The summed E-state index contributed by atoms with van der Waals surface area (Å²) in [4.78, 5) is 23.5. The van der Waals surface area contributed by atoms with E-state index in [1.165, 1.54) is 0 Å². The molecule has 1 aromatic heterocycles. The number of nitrogens with one attached hydrogen (secondary N) is 1. The third-order valence-corrected chi connectivity index (χ3v) is 6.07. The maximum Gasteiger partial charge on any atom is 0.248 e. The van der Waals surface area contributed by atoms with Crippen molar-refractivity contribution in [2.75, 3.05) is 44.8 Å². The fourth-order valence-electron chi connectivity index (χ4n) is 4.20. The number of morpholine rings is 1. The van der Waals surface area contributed by atoms with Crippen molar-refractivity contribution in [1.29, 1.82) is 0 Å². The van der Waals surface area contributed by atoms with Gasteiger partial charge in [-0.2, -0.15) is 0 Å². The first-order valence-corrected chi connectivity index (χ1v) is 11.8. The van der Waals surface area contributed by atoms with Crippen LogP contribution in [0.1, 0.15) is 28.0 Å². The van der Waals surface area contributed by atoms with Crippen molar-refractivity contribution in [3.05, 3.63) is 65.4 Å². The summed E-state index contributed by atoms with van der Waals surface area (Å²) in [6.45, 7) is 6.09. The van der Waals surface area contributed by atoms with Crippen LogP contribution in [0.25, 0.3) is 11.4 Å². The van der Waals surface area contributed by atoms with Gasteiger partial charge in [0, 0.05) is 42.0 Å². The molecule has 0 bridgehead atoms. The molecule has 9 heteroatoms. The molecule has 2 aromatic carbocycles. The molecule has 0 aliphatic carbocycles. The van der Waals surface area contributed by atoms with Gasteiger partial charge in [-0.3, -0.25) is 9.69 Å². The number of nitrogens with two attached hydrogens (primary N) is 1. The first kappa shape index (κ1) is 23.2. The molecule has 0 radical (unpaired) electrons. The van der Waals surface area contributed by atoms with Crippen molar-refractivity contribution in [2.24, 2.45) is 5.73 Å². The van der Waals surface area contributed by atoms with Crippen LogP contribution in [0, 0.1) is 0 Å². The second-order valence-electron chi connectivity index (χ2n) is 8.57. The number of rotatable bonds is 9. The molecule has 2 aliphatic rings. The van der Waals surface area contributed by atoms with E-state index in [9.17, 15) is 4.79 Å². The van der Waals surface area contributed by atoms with Gasteiger partial charge in [-0.05, 0) is 36.8 Å². The molecule has 3 N–H and O–H groups in total. The van der Waals surface area contributed by atoms with E-state index in [1.54, 1.807) is 18.2 Å². The number of anilines is 2. The molecule has 2 aliphatic heterocycles. The van der Waals surface area contributed by atoms with Crippen LogP contribution in [0.5, 0.6) is 5.75 Å². The van der Waals surface area contributed by atoms with E-state index >= 15 is 0 Å². The molecule has 3 aromatic rings. The maximum absolute atomic E-state index is 11.6. The topological polar surface area (TPSA) is 112 Å².